The van der Waals surface area contributed by atoms with Gasteiger partial charge in [0.05, 0.1) is 23.5 Å². The molecule has 4 rings (SSSR count). The van der Waals surface area contributed by atoms with E-state index in [-0.39, 0.29) is 18.6 Å². The lowest BCUT2D eigenvalue weighted by atomic mass is 9.86. The third-order valence-corrected chi connectivity index (χ3v) is 4.71. The van der Waals surface area contributed by atoms with Crippen LogP contribution in [0.2, 0.25) is 0 Å². The molecule has 114 valence electrons. The van der Waals surface area contributed by atoms with Gasteiger partial charge in [0.1, 0.15) is 6.61 Å². The molecule has 1 unspecified atom stereocenters. The number of rotatable bonds is 1. The highest BCUT2D eigenvalue weighted by atomic mass is 16.6. The molecule has 0 bridgehead atoms. The Kier molecular flexibility index (Phi) is 2.69. The number of hydrogen-bond acceptors (Lipinski definition) is 5. The lowest BCUT2D eigenvalue weighted by Crippen LogP contribution is -2.44. The number of allylic oxidation sites excluding steroid dienone is 1. The molecule has 22 heavy (non-hydrogen) atoms. The van der Waals surface area contributed by atoms with Crippen LogP contribution in [-0.2, 0) is 28.3 Å². The van der Waals surface area contributed by atoms with Gasteiger partial charge in [-0.15, -0.1) is 0 Å². The number of nitrogens with zero attached hydrogens (tertiary/aromatic N) is 2. The van der Waals surface area contributed by atoms with Gasteiger partial charge < -0.3 is 14.4 Å². The van der Waals surface area contributed by atoms with Crippen LogP contribution in [-0.4, -0.2) is 27.9 Å². The first-order chi connectivity index (χ1) is 10.6. The molecule has 6 nitrogen and oxygen atoms in total. The Morgan fingerprint density at radius 2 is 2.27 bits per heavy atom. The van der Waals surface area contributed by atoms with E-state index in [2.05, 4.69) is 11.1 Å². The first-order valence-corrected chi connectivity index (χ1v) is 7.47. The van der Waals surface area contributed by atoms with Gasteiger partial charge in [-0.2, -0.15) is 0 Å². The summed E-state index contributed by atoms with van der Waals surface area (Å²) < 4.78 is 6.68. The van der Waals surface area contributed by atoms with Crippen LogP contribution in [0.1, 0.15) is 36.6 Å². The Hall–Kier alpha value is -2.21. The van der Waals surface area contributed by atoms with Gasteiger partial charge >= 0.3 is 5.97 Å². The Balaban J connectivity index is 2.01. The minimum atomic E-state index is -1.75. The molecular formula is C16H16N2O4. The van der Waals surface area contributed by atoms with E-state index in [4.69, 9.17) is 4.74 Å². The molecule has 0 saturated heterocycles. The second-order valence-corrected chi connectivity index (χ2v) is 5.85. The highest BCUT2D eigenvalue weighted by Crippen LogP contribution is 2.35. The fourth-order valence-corrected chi connectivity index (χ4v) is 3.42. The Bertz CT molecular complexity index is 818. The zero-order valence-electron chi connectivity index (χ0n) is 12.3. The number of aliphatic imine (C=N–C) groups is 1. The summed E-state index contributed by atoms with van der Waals surface area (Å²) in [5, 5.41) is 10.7. The number of carbonyl (C=O) groups is 1. The lowest BCUT2D eigenvalue weighted by Gasteiger charge is -2.31. The monoisotopic (exact) mass is 300 g/mol. The van der Waals surface area contributed by atoms with E-state index in [0.717, 1.165) is 17.7 Å². The van der Waals surface area contributed by atoms with Crippen LogP contribution >= 0.6 is 0 Å². The highest BCUT2D eigenvalue weighted by Gasteiger charge is 2.45. The second-order valence-electron chi connectivity index (χ2n) is 5.85. The van der Waals surface area contributed by atoms with Gasteiger partial charge in [0.2, 0.25) is 0 Å². The minimum Gasteiger partial charge on any atom is -0.458 e. The summed E-state index contributed by atoms with van der Waals surface area (Å²) in [5.74, 6) is -0.689. The molecule has 3 aliphatic rings. The average Bonchev–Trinajstić information content (AvgIpc) is 2.91. The number of cyclic esters (lactones) is 1. The molecule has 4 heterocycles. The first kappa shape index (κ1) is 13.5. The standard InChI is InChI=1S/C16H16N2O4/c1-2-16(21)11-6-12-13-9(4-3-5-17-13)7-18(12)14(19)10(11)8-22-15(16)20/h4,6,21H,2-3,5,7-8H2,1H3. The van der Waals surface area contributed by atoms with Crippen LogP contribution in [0.4, 0.5) is 0 Å². The predicted molar refractivity (Wildman–Crippen MR) is 78.8 cm³/mol. The molecule has 1 aromatic rings. The molecule has 0 fully saturated rings. The number of hydrogen-bond donors (Lipinski definition) is 1. The largest absolute Gasteiger partial charge is 0.458 e. The van der Waals surface area contributed by atoms with E-state index < -0.39 is 11.6 Å². The van der Waals surface area contributed by atoms with Crippen molar-refractivity contribution < 1.29 is 14.6 Å². The van der Waals surface area contributed by atoms with Crippen molar-refractivity contribution in [3.63, 3.8) is 0 Å². The fourth-order valence-electron chi connectivity index (χ4n) is 3.42. The molecule has 0 aromatic carbocycles. The van der Waals surface area contributed by atoms with Crippen LogP contribution in [0, 0.1) is 0 Å². The zero-order valence-corrected chi connectivity index (χ0v) is 12.3. The molecule has 1 N–H and O–H groups in total. The van der Waals surface area contributed by atoms with Crippen molar-refractivity contribution >= 4 is 11.7 Å². The summed E-state index contributed by atoms with van der Waals surface area (Å²) in [5.41, 5.74) is 1.33. The van der Waals surface area contributed by atoms with Crippen molar-refractivity contribution in [2.45, 2.75) is 38.5 Å². The number of ether oxygens (including phenoxy) is 1. The molecule has 0 amide bonds. The van der Waals surface area contributed by atoms with Gasteiger partial charge in [-0.1, -0.05) is 13.0 Å². The van der Waals surface area contributed by atoms with Gasteiger partial charge in [-0.05, 0) is 24.5 Å². The molecule has 1 atom stereocenters. The normalized spacial score (nSPS) is 25.6. The predicted octanol–water partition coefficient (Wildman–Crippen LogP) is 0.636. The van der Waals surface area contributed by atoms with Crippen molar-refractivity contribution in [1.82, 2.24) is 4.57 Å². The topological polar surface area (TPSA) is 80.9 Å². The maximum Gasteiger partial charge on any atom is 0.343 e. The molecule has 0 spiro atoms. The summed E-state index contributed by atoms with van der Waals surface area (Å²) in [6, 6.07) is 1.74. The van der Waals surface area contributed by atoms with Crippen LogP contribution < -0.4 is 5.56 Å². The second kappa shape index (κ2) is 4.39. The van der Waals surface area contributed by atoms with E-state index in [1.807, 2.05) is 0 Å². The van der Waals surface area contributed by atoms with Crippen molar-refractivity contribution in [3.05, 3.63) is 44.9 Å². The van der Waals surface area contributed by atoms with E-state index in [0.29, 0.717) is 29.9 Å². The number of esters is 1. The summed E-state index contributed by atoms with van der Waals surface area (Å²) in [6.07, 6.45) is 3.14. The smallest absolute Gasteiger partial charge is 0.343 e. The molecule has 0 aliphatic carbocycles. The summed E-state index contributed by atoms with van der Waals surface area (Å²) in [4.78, 5) is 29.2. The Morgan fingerprint density at radius 3 is 3.05 bits per heavy atom. The molecule has 0 saturated carbocycles. The molecule has 0 radical (unpaired) electrons. The number of dihydropyridines is 1. The van der Waals surface area contributed by atoms with Crippen LogP contribution in [0.5, 0.6) is 0 Å². The minimum absolute atomic E-state index is 0.0822. The summed E-state index contributed by atoms with van der Waals surface area (Å²) in [6.45, 7) is 2.81. The fraction of sp³-hybridized carbons (Fsp3) is 0.438. The Labute approximate surface area is 126 Å². The van der Waals surface area contributed by atoms with Crippen molar-refractivity contribution in [1.29, 1.82) is 0 Å². The number of aromatic nitrogens is 1. The molecule has 3 aliphatic heterocycles. The first-order valence-electron chi connectivity index (χ1n) is 7.47. The van der Waals surface area contributed by atoms with Gasteiger partial charge in [-0.25, -0.2) is 4.79 Å². The third-order valence-electron chi connectivity index (χ3n) is 4.71. The zero-order chi connectivity index (χ0) is 15.5. The number of carbonyl (C=O) groups excluding carboxylic acids is 1. The number of fused-ring (bicyclic) bond motifs is 4. The molecular weight excluding hydrogens is 284 g/mol. The van der Waals surface area contributed by atoms with E-state index in [1.165, 1.54) is 0 Å². The van der Waals surface area contributed by atoms with Crippen LogP contribution in [0.3, 0.4) is 0 Å². The van der Waals surface area contributed by atoms with Gasteiger partial charge in [0, 0.05) is 12.1 Å². The molecule has 1 aromatic heterocycles. The van der Waals surface area contributed by atoms with Crippen molar-refractivity contribution in [3.8, 4) is 0 Å². The third kappa shape index (κ3) is 1.56. The average molecular weight is 300 g/mol. The maximum absolute atomic E-state index is 12.7. The van der Waals surface area contributed by atoms with E-state index in [9.17, 15) is 14.7 Å². The highest BCUT2D eigenvalue weighted by molar-refractivity contribution is 6.14. The van der Waals surface area contributed by atoms with Crippen molar-refractivity contribution in [2.24, 2.45) is 4.99 Å². The summed E-state index contributed by atoms with van der Waals surface area (Å²) >= 11 is 0. The lowest BCUT2D eigenvalue weighted by molar-refractivity contribution is -0.172. The summed E-state index contributed by atoms with van der Waals surface area (Å²) in [7, 11) is 0. The molecule has 6 heteroatoms. The quantitative estimate of drug-likeness (QED) is 0.772. The maximum atomic E-state index is 12.7. The SMILES string of the molecule is CCC1(O)C(=O)OCc2c1cc1n(c2=O)CC2=CCCN=C21. The van der Waals surface area contributed by atoms with Crippen LogP contribution in [0.15, 0.2) is 27.5 Å². The van der Waals surface area contributed by atoms with Gasteiger partial charge in [0.25, 0.3) is 5.56 Å². The van der Waals surface area contributed by atoms with E-state index >= 15 is 0 Å². The Morgan fingerprint density at radius 1 is 1.45 bits per heavy atom. The van der Waals surface area contributed by atoms with Crippen molar-refractivity contribution in [2.75, 3.05) is 6.54 Å². The number of pyridine rings is 1. The van der Waals surface area contributed by atoms with Gasteiger partial charge in [0.15, 0.2) is 5.60 Å². The van der Waals surface area contributed by atoms with Crippen LogP contribution in [0.25, 0.3) is 0 Å². The van der Waals surface area contributed by atoms with E-state index in [1.54, 1.807) is 17.6 Å². The van der Waals surface area contributed by atoms with Gasteiger partial charge in [-0.3, -0.25) is 9.79 Å². The number of aliphatic hydroxyl groups is 1.